The van der Waals surface area contributed by atoms with Crippen LogP contribution in [0.25, 0.3) is 0 Å². The highest BCUT2D eigenvalue weighted by Gasteiger charge is 2.28. The van der Waals surface area contributed by atoms with Gasteiger partial charge >= 0.3 is 7.12 Å². The average Bonchev–Trinajstić information content (AvgIpc) is 2.57. The molecule has 1 saturated heterocycles. The summed E-state index contributed by atoms with van der Waals surface area (Å²) in [5.74, 6) is 0. The molecule has 0 amide bonds. The molecule has 0 atom stereocenters. The van der Waals surface area contributed by atoms with Crippen molar-refractivity contribution in [1.82, 2.24) is 0 Å². The molecule has 1 heterocycles. The second kappa shape index (κ2) is 3.52. The van der Waals surface area contributed by atoms with Gasteiger partial charge in [-0.2, -0.15) is 0 Å². The van der Waals surface area contributed by atoms with Crippen LogP contribution in [0.1, 0.15) is 11.1 Å². The summed E-state index contributed by atoms with van der Waals surface area (Å²) in [6.45, 7) is 5.59. The van der Waals surface area contributed by atoms with E-state index < -0.39 is 0 Å². The number of benzene rings is 1. The molecule has 0 spiro atoms. The second-order valence-electron chi connectivity index (χ2n) is 3.38. The number of rotatable bonds is 1. The van der Waals surface area contributed by atoms with Gasteiger partial charge in [0.05, 0.1) is 13.2 Å². The number of hydrogen-bond donors (Lipinski definition) is 0. The van der Waals surface area contributed by atoms with Gasteiger partial charge in [0.1, 0.15) is 0 Å². The van der Waals surface area contributed by atoms with Gasteiger partial charge < -0.3 is 9.31 Å². The Kier molecular flexibility index (Phi) is 2.38. The third kappa shape index (κ3) is 1.62. The molecule has 3 heteroatoms. The number of aryl methyl sites for hydroxylation is 2. The SMILES string of the molecule is Cc1cccc(C)c1B1OCCO1. The lowest BCUT2D eigenvalue weighted by atomic mass is 9.74. The van der Waals surface area contributed by atoms with E-state index in [2.05, 4.69) is 32.0 Å². The maximum atomic E-state index is 5.48. The van der Waals surface area contributed by atoms with E-state index in [0.29, 0.717) is 13.2 Å². The highest BCUT2D eigenvalue weighted by atomic mass is 16.6. The van der Waals surface area contributed by atoms with Crippen LogP contribution in [0.15, 0.2) is 18.2 Å². The maximum Gasteiger partial charge on any atom is 0.494 e. The highest BCUT2D eigenvalue weighted by molar-refractivity contribution is 6.62. The quantitative estimate of drug-likeness (QED) is 0.595. The lowest BCUT2D eigenvalue weighted by Crippen LogP contribution is -2.35. The molecule has 0 aromatic heterocycles. The van der Waals surface area contributed by atoms with Gasteiger partial charge in [-0.05, 0) is 19.3 Å². The van der Waals surface area contributed by atoms with E-state index >= 15 is 0 Å². The normalized spacial score (nSPS) is 16.6. The van der Waals surface area contributed by atoms with Gasteiger partial charge in [-0.25, -0.2) is 0 Å². The van der Waals surface area contributed by atoms with Gasteiger partial charge in [0, 0.05) is 0 Å². The molecule has 0 aliphatic carbocycles. The Hall–Kier alpha value is -0.795. The van der Waals surface area contributed by atoms with Gasteiger partial charge in [-0.15, -0.1) is 0 Å². The van der Waals surface area contributed by atoms with Crippen LogP contribution in [-0.2, 0) is 9.31 Å². The van der Waals surface area contributed by atoms with Crippen molar-refractivity contribution in [1.29, 1.82) is 0 Å². The molecule has 2 nitrogen and oxygen atoms in total. The molecule has 0 saturated carbocycles. The van der Waals surface area contributed by atoms with Crippen molar-refractivity contribution in [2.75, 3.05) is 13.2 Å². The Morgan fingerprint density at radius 2 is 1.62 bits per heavy atom. The zero-order valence-corrected chi connectivity index (χ0v) is 8.04. The summed E-state index contributed by atoms with van der Waals surface area (Å²) in [7, 11) is -0.138. The Bertz CT molecular complexity index is 286. The molecule has 13 heavy (non-hydrogen) atoms. The van der Waals surface area contributed by atoms with Crippen LogP contribution in [0.4, 0.5) is 0 Å². The first-order valence-electron chi connectivity index (χ1n) is 4.58. The Morgan fingerprint density at radius 3 is 2.15 bits per heavy atom. The zero-order chi connectivity index (χ0) is 9.26. The second-order valence-corrected chi connectivity index (χ2v) is 3.38. The van der Waals surface area contributed by atoms with Gasteiger partial charge in [-0.1, -0.05) is 29.3 Å². The van der Waals surface area contributed by atoms with Gasteiger partial charge in [-0.3, -0.25) is 0 Å². The van der Waals surface area contributed by atoms with Crippen molar-refractivity contribution in [3.63, 3.8) is 0 Å². The predicted molar refractivity (Wildman–Crippen MR) is 53.2 cm³/mol. The molecule has 1 fully saturated rings. The molecule has 0 N–H and O–H groups in total. The van der Waals surface area contributed by atoms with Crippen LogP contribution in [0.3, 0.4) is 0 Å². The van der Waals surface area contributed by atoms with Crippen molar-refractivity contribution < 1.29 is 9.31 Å². The summed E-state index contributed by atoms with van der Waals surface area (Å²) >= 11 is 0. The molecule has 1 aliphatic heterocycles. The van der Waals surface area contributed by atoms with Gasteiger partial charge in [0.2, 0.25) is 0 Å². The van der Waals surface area contributed by atoms with E-state index in [1.165, 1.54) is 16.6 Å². The predicted octanol–water partition coefficient (Wildman–Crippen LogP) is 1.05. The van der Waals surface area contributed by atoms with Crippen LogP contribution in [0, 0.1) is 13.8 Å². The van der Waals surface area contributed by atoms with Gasteiger partial charge in [0.25, 0.3) is 0 Å². The van der Waals surface area contributed by atoms with E-state index in [-0.39, 0.29) is 7.12 Å². The van der Waals surface area contributed by atoms with Crippen molar-refractivity contribution >= 4 is 12.6 Å². The third-order valence-corrected chi connectivity index (χ3v) is 2.40. The third-order valence-electron chi connectivity index (χ3n) is 2.40. The molecule has 0 radical (unpaired) electrons. The summed E-state index contributed by atoms with van der Waals surface area (Å²) in [5, 5.41) is 0. The first-order chi connectivity index (χ1) is 6.29. The first kappa shape index (κ1) is 8.79. The Balaban J connectivity index is 2.37. The minimum Gasteiger partial charge on any atom is -0.405 e. The van der Waals surface area contributed by atoms with Crippen LogP contribution < -0.4 is 5.46 Å². The summed E-state index contributed by atoms with van der Waals surface area (Å²) in [4.78, 5) is 0. The minimum atomic E-state index is -0.138. The number of hydrogen-bond acceptors (Lipinski definition) is 2. The molecule has 1 aliphatic rings. The van der Waals surface area contributed by atoms with Crippen LogP contribution in [-0.4, -0.2) is 20.3 Å². The van der Waals surface area contributed by atoms with E-state index in [1.807, 2.05) is 0 Å². The summed E-state index contributed by atoms with van der Waals surface area (Å²) < 4.78 is 11.0. The standard InChI is InChI=1S/C10H13BO2/c1-8-4-3-5-9(2)10(8)11-12-6-7-13-11/h3-5H,6-7H2,1-2H3. The van der Waals surface area contributed by atoms with Crippen molar-refractivity contribution in [2.24, 2.45) is 0 Å². The lowest BCUT2D eigenvalue weighted by Gasteiger charge is -2.10. The smallest absolute Gasteiger partial charge is 0.405 e. The molecule has 1 aromatic carbocycles. The topological polar surface area (TPSA) is 18.5 Å². The van der Waals surface area contributed by atoms with E-state index in [9.17, 15) is 0 Å². The average molecular weight is 176 g/mol. The van der Waals surface area contributed by atoms with Gasteiger partial charge in [0.15, 0.2) is 0 Å². The fourth-order valence-corrected chi connectivity index (χ4v) is 1.72. The molecule has 0 bridgehead atoms. The van der Waals surface area contributed by atoms with E-state index in [4.69, 9.17) is 9.31 Å². The molecule has 1 aromatic rings. The first-order valence-corrected chi connectivity index (χ1v) is 4.58. The van der Waals surface area contributed by atoms with E-state index in [0.717, 1.165) is 0 Å². The van der Waals surface area contributed by atoms with Crippen LogP contribution in [0.2, 0.25) is 0 Å². The molecule has 68 valence electrons. The van der Waals surface area contributed by atoms with Crippen LogP contribution in [0.5, 0.6) is 0 Å². The fourth-order valence-electron chi connectivity index (χ4n) is 1.72. The van der Waals surface area contributed by atoms with Crippen LogP contribution >= 0.6 is 0 Å². The summed E-state index contributed by atoms with van der Waals surface area (Å²) in [5.41, 5.74) is 3.68. The maximum absolute atomic E-state index is 5.48. The minimum absolute atomic E-state index is 0.138. The van der Waals surface area contributed by atoms with Crippen molar-refractivity contribution in [2.45, 2.75) is 13.8 Å². The zero-order valence-electron chi connectivity index (χ0n) is 8.04. The van der Waals surface area contributed by atoms with E-state index in [1.54, 1.807) is 0 Å². The largest absolute Gasteiger partial charge is 0.494 e. The molecule has 2 rings (SSSR count). The molecule has 0 unspecified atom stereocenters. The Morgan fingerprint density at radius 1 is 1.08 bits per heavy atom. The highest BCUT2D eigenvalue weighted by Crippen LogP contribution is 2.07. The lowest BCUT2D eigenvalue weighted by molar-refractivity contribution is 0.365. The Labute approximate surface area is 79.0 Å². The fraction of sp³-hybridized carbons (Fsp3) is 0.400. The molecular weight excluding hydrogens is 163 g/mol. The molecular formula is C10H13BO2. The summed E-state index contributed by atoms with van der Waals surface area (Å²) in [6, 6.07) is 6.24. The summed E-state index contributed by atoms with van der Waals surface area (Å²) in [6.07, 6.45) is 0. The monoisotopic (exact) mass is 176 g/mol. The van der Waals surface area contributed by atoms with Crippen molar-refractivity contribution in [3.8, 4) is 0 Å². The van der Waals surface area contributed by atoms with Crippen molar-refractivity contribution in [3.05, 3.63) is 29.3 Å².